The van der Waals surface area contributed by atoms with E-state index in [1.807, 2.05) is 36.4 Å². The Morgan fingerprint density at radius 2 is 1.03 bits per heavy atom. The highest BCUT2D eigenvalue weighted by atomic mass is 15.5. The third kappa shape index (κ3) is 3.63. The second-order valence-corrected chi connectivity index (χ2v) is 9.65. The van der Waals surface area contributed by atoms with Crippen LogP contribution in [0.1, 0.15) is 0 Å². The summed E-state index contributed by atoms with van der Waals surface area (Å²) in [5.74, 6) is 0. The Morgan fingerprint density at radius 3 is 1.77 bits per heavy atom. The molecular weight excluding hydrogens is 478 g/mol. The maximum atomic E-state index is 5.15. The molecule has 39 heavy (non-hydrogen) atoms. The van der Waals surface area contributed by atoms with Crippen LogP contribution in [0.15, 0.2) is 127 Å². The lowest BCUT2D eigenvalue weighted by atomic mass is 10.0. The third-order valence-electron chi connectivity index (χ3n) is 7.27. The van der Waals surface area contributed by atoms with E-state index in [4.69, 9.17) is 9.97 Å². The van der Waals surface area contributed by atoms with Crippen LogP contribution in [0.3, 0.4) is 0 Å². The fourth-order valence-electron chi connectivity index (χ4n) is 5.27. The molecule has 0 aliphatic rings. The van der Waals surface area contributed by atoms with Gasteiger partial charge >= 0.3 is 0 Å². The minimum absolute atomic E-state index is 0.875. The van der Waals surface area contributed by atoms with Crippen LogP contribution in [0.2, 0.25) is 0 Å². The van der Waals surface area contributed by atoms with Crippen LogP contribution in [0.5, 0.6) is 0 Å². The molecule has 5 nitrogen and oxygen atoms in total. The quantitative estimate of drug-likeness (QED) is 0.231. The van der Waals surface area contributed by atoms with E-state index < -0.39 is 0 Å². The molecule has 0 saturated carbocycles. The van der Waals surface area contributed by atoms with Crippen molar-refractivity contribution in [3.63, 3.8) is 0 Å². The van der Waals surface area contributed by atoms with Gasteiger partial charge in [-0.25, -0.2) is 9.97 Å². The van der Waals surface area contributed by atoms with Crippen LogP contribution in [-0.4, -0.2) is 25.0 Å². The zero-order valence-corrected chi connectivity index (χ0v) is 20.9. The first-order valence-corrected chi connectivity index (χ1v) is 12.9. The lowest BCUT2D eigenvalue weighted by Crippen LogP contribution is -1.98. The molecular formula is C34H21N5. The highest BCUT2D eigenvalue weighted by Crippen LogP contribution is 2.31. The van der Waals surface area contributed by atoms with E-state index in [9.17, 15) is 0 Å². The summed E-state index contributed by atoms with van der Waals surface area (Å²) in [7, 11) is 0. The van der Waals surface area contributed by atoms with Crippen LogP contribution in [0, 0.1) is 0 Å². The summed E-state index contributed by atoms with van der Waals surface area (Å²) < 4.78 is 0. The molecule has 0 radical (unpaired) electrons. The third-order valence-corrected chi connectivity index (χ3v) is 7.27. The molecule has 5 aromatic carbocycles. The molecule has 182 valence electrons. The van der Waals surface area contributed by atoms with Crippen LogP contribution >= 0.6 is 0 Å². The van der Waals surface area contributed by atoms with E-state index in [2.05, 4.69) is 101 Å². The molecule has 5 heteroatoms. The van der Waals surface area contributed by atoms with E-state index in [1.165, 1.54) is 10.8 Å². The summed E-state index contributed by atoms with van der Waals surface area (Å²) in [5, 5.41) is 13.7. The molecule has 0 N–H and O–H groups in total. The van der Waals surface area contributed by atoms with Gasteiger partial charge in [-0.05, 0) is 47.2 Å². The number of fused-ring (bicyclic) bond motifs is 5. The molecule has 8 rings (SSSR count). The van der Waals surface area contributed by atoms with E-state index >= 15 is 0 Å². The largest absolute Gasteiger partial charge is 0.245 e. The van der Waals surface area contributed by atoms with Crippen LogP contribution in [-0.2, 0) is 0 Å². The molecule has 0 saturated heterocycles. The van der Waals surface area contributed by atoms with Gasteiger partial charge in [0.15, 0.2) is 0 Å². The maximum Gasteiger partial charge on any atom is 0.113 e. The number of pyridine rings is 2. The zero-order chi connectivity index (χ0) is 25.8. The van der Waals surface area contributed by atoms with Crippen LogP contribution in [0.4, 0.5) is 0 Å². The van der Waals surface area contributed by atoms with Gasteiger partial charge in [-0.15, -0.1) is 10.2 Å². The van der Waals surface area contributed by atoms with Crippen molar-refractivity contribution in [3.8, 4) is 28.2 Å². The molecule has 0 bridgehead atoms. The molecule has 0 atom stereocenters. The van der Waals surface area contributed by atoms with Crippen molar-refractivity contribution in [2.75, 3.05) is 0 Å². The second-order valence-electron chi connectivity index (χ2n) is 9.65. The molecule has 0 fully saturated rings. The number of aromatic nitrogens is 5. The topological polar surface area (TPSA) is 56.5 Å². The zero-order valence-electron chi connectivity index (χ0n) is 20.9. The van der Waals surface area contributed by atoms with Crippen LogP contribution in [0.25, 0.3) is 71.8 Å². The molecule has 0 aliphatic heterocycles. The Hall–Kier alpha value is -5.42. The molecule has 0 unspecified atom stereocenters. The Kier molecular flexibility index (Phi) is 4.76. The van der Waals surface area contributed by atoms with Gasteiger partial charge in [0.2, 0.25) is 0 Å². The SMILES string of the molecule is c1ccc2c(-c3ccc4ccc5ccc(-c6ccc(-n7nc8ccccc8n7)cc6)nc5c4n3)cccc2c1. The summed E-state index contributed by atoms with van der Waals surface area (Å²) in [6.45, 7) is 0. The van der Waals surface area contributed by atoms with Gasteiger partial charge in [0, 0.05) is 21.9 Å². The first-order chi connectivity index (χ1) is 19.3. The molecule has 0 aliphatic carbocycles. The number of rotatable bonds is 3. The monoisotopic (exact) mass is 499 g/mol. The number of hydrogen-bond donors (Lipinski definition) is 0. The molecule has 0 spiro atoms. The van der Waals surface area contributed by atoms with Crippen molar-refractivity contribution in [2.45, 2.75) is 0 Å². The highest BCUT2D eigenvalue weighted by Gasteiger charge is 2.11. The fraction of sp³-hybridized carbons (Fsp3) is 0. The summed E-state index contributed by atoms with van der Waals surface area (Å²) in [6.07, 6.45) is 0. The molecule has 3 heterocycles. The van der Waals surface area contributed by atoms with Crippen molar-refractivity contribution < 1.29 is 0 Å². The highest BCUT2D eigenvalue weighted by molar-refractivity contribution is 6.05. The second kappa shape index (κ2) is 8.57. The van der Waals surface area contributed by atoms with Gasteiger partial charge in [-0.1, -0.05) is 91.0 Å². The predicted molar refractivity (Wildman–Crippen MR) is 158 cm³/mol. The van der Waals surface area contributed by atoms with Crippen molar-refractivity contribution in [2.24, 2.45) is 0 Å². The smallest absolute Gasteiger partial charge is 0.113 e. The summed E-state index contributed by atoms with van der Waals surface area (Å²) >= 11 is 0. The first kappa shape index (κ1) is 21.6. The first-order valence-electron chi connectivity index (χ1n) is 12.9. The number of nitrogens with zero attached hydrogens (tertiary/aromatic N) is 5. The Bertz CT molecular complexity index is 2140. The molecule has 3 aromatic heterocycles. The minimum Gasteiger partial charge on any atom is -0.245 e. The van der Waals surface area contributed by atoms with Gasteiger partial charge < -0.3 is 0 Å². The fourth-order valence-corrected chi connectivity index (χ4v) is 5.27. The number of benzene rings is 5. The number of hydrogen-bond acceptors (Lipinski definition) is 4. The van der Waals surface area contributed by atoms with Crippen molar-refractivity contribution >= 4 is 43.6 Å². The molecule has 0 amide bonds. The lowest BCUT2D eigenvalue weighted by molar-refractivity contribution is 0.766. The van der Waals surface area contributed by atoms with Gasteiger partial charge in [-0.2, -0.15) is 4.80 Å². The Balaban J connectivity index is 1.23. The minimum atomic E-state index is 0.875. The van der Waals surface area contributed by atoms with Crippen molar-refractivity contribution in [1.29, 1.82) is 0 Å². The maximum absolute atomic E-state index is 5.15. The summed E-state index contributed by atoms with van der Waals surface area (Å²) in [4.78, 5) is 11.9. The van der Waals surface area contributed by atoms with Crippen molar-refractivity contribution in [1.82, 2.24) is 25.0 Å². The van der Waals surface area contributed by atoms with E-state index in [0.717, 1.165) is 61.0 Å². The average Bonchev–Trinajstić information content (AvgIpc) is 3.45. The van der Waals surface area contributed by atoms with E-state index in [-0.39, 0.29) is 0 Å². The molecule has 8 aromatic rings. The van der Waals surface area contributed by atoms with Gasteiger partial charge in [-0.3, -0.25) is 0 Å². The summed E-state index contributed by atoms with van der Waals surface area (Å²) in [6, 6.07) is 43.5. The summed E-state index contributed by atoms with van der Waals surface area (Å²) in [5.41, 5.74) is 8.46. The standard InChI is InChI=1S/C34H21N5/c1-2-8-27-22(6-1)7-5-9-28(27)30-21-17-25-13-12-24-16-20-29(35-33(24)34(25)36-30)23-14-18-26(19-15-23)39-37-31-10-3-4-11-32(31)38-39/h1-21H. The van der Waals surface area contributed by atoms with Gasteiger partial charge in [0.25, 0.3) is 0 Å². The van der Waals surface area contributed by atoms with E-state index in [1.54, 1.807) is 4.80 Å². The normalized spacial score (nSPS) is 11.6. The van der Waals surface area contributed by atoms with E-state index in [0.29, 0.717) is 0 Å². The van der Waals surface area contributed by atoms with Gasteiger partial charge in [0.05, 0.1) is 28.1 Å². The van der Waals surface area contributed by atoms with Crippen LogP contribution < -0.4 is 0 Å². The van der Waals surface area contributed by atoms with Gasteiger partial charge in [0.1, 0.15) is 11.0 Å². The lowest BCUT2D eigenvalue weighted by Gasteiger charge is -2.10. The predicted octanol–water partition coefficient (Wildman–Crippen LogP) is 8.00. The Morgan fingerprint density at radius 1 is 0.436 bits per heavy atom. The Labute approximate surface area is 224 Å². The van der Waals surface area contributed by atoms with Crippen molar-refractivity contribution in [3.05, 3.63) is 127 Å². The average molecular weight is 500 g/mol.